The molecule has 192 valence electrons. The van der Waals surface area contributed by atoms with E-state index in [2.05, 4.69) is 15.6 Å². The molecular formula is C23H20ClFN6O6. The summed E-state index contributed by atoms with van der Waals surface area (Å²) < 4.78 is 21.1. The van der Waals surface area contributed by atoms with Gasteiger partial charge in [0.05, 0.1) is 27.4 Å². The number of amides is 3. The number of anilines is 2. The number of hydrogen-bond acceptors (Lipinski definition) is 7. The molecule has 1 saturated heterocycles. The first-order valence-corrected chi connectivity index (χ1v) is 11.2. The molecule has 3 heterocycles. The van der Waals surface area contributed by atoms with E-state index in [1.807, 2.05) is 0 Å². The second-order valence-electron chi connectivity index (χ2n) is 8.03. The highest BCUT2D eigenvalue weighted by Crippen LogP contribution is 2.25. The molecule has 0 bridgehead atoms. The normalized spacial score (nSPS) is 16.9. The molecule has 2 atom stereocenters. The van der Waals surface area contributed by atoms with Crippen LogP contribution in [0.5, 0.6) is 0 Å². The van der Waals surface area contributed by atoms with Gasteiger partial charge >= 0.3 is 17.3 Å². The zero-order valence-corrected chi connectivity index (χ0v) is 20.0. The fourth-order valence-corrected chi connectivity index (χ4v) is 3.98. The lowest BCUT2D eigenvalue weighted by atomic mass is 10.1. The molecule has 0 radical (unpaired) electrons. The monoisotopic (exact) mass is 530 g/mol. The van der Waals surface area contributed by atoms with Gasteiger partial charge in [0, 0.05) is 44.6 Å². The predicted molar refractivity (Wildman–Crippen MR) is 131 cm³/mol. The maximum absolute atomic E-state index is 14.9. The van der Waals surface area contributed by atoms with Crippen LogP contribution in [0.4, 0.5) is 26.4 Å². The molecule has 2 N–H and O–H groups in total. The number of carbonyl (C=O) groups is 2. The summed E-state index contributed by atoms with van der Waals surface area (Å²) in [6, 6.07) is 7.32. The van der Waals surface area contributed by atoms with Gasteiger partial charge in [0.15, 0.2) is 0 Å². The number of pyridine rings is 2. The quantitative estimate of drug-likeness (QED) is 0.367. The maximum atomic E-state index is 14.9. The number of methoxy groups -OCH3 is 1. The summed E-state index contributed by atoms with van der Waals surface area (Å²) >= 11 is 5.81. The van der Waals surface area contributed by atoms with Crippen molar-refractivity contribution in [3.63, 3.8) is 0 Å². The molecule has 3 amide bonds. The van der Waals surface area contributed by atoms with Gasteiger partial charge in [-0.15, -0.1) is 0 Å². The smallest absolute Gasteiger partial charge is 0.334 e. The molecule has 0 spiro atoms. The van der Waals surface area contributed by atoms with E-state index < -0.39 is 46.1 Å². The van der Waals surface area contributed by atoms with E-state index in [-0.39, 0.29) is 30.2 Å². The lowest BCUT2D eigenvalue weighted by Gasteiger charge is -2.24. The standard InChI is InChI=1S/C23H20ClFN6O6/c1-37-15-10-19(30(12-15)23(34)28-20-7-4-13(24)11-26-20)21(32)27-17-6-5-14(9-16(17)25)29-8-2-3-18(22(29)33)31(35)36/h2-9,11,15,19H,10,12H2,1H3,(H,27,32)(H,26,28,34)/t15-,19-/m1/s1. The zero-order chi connectivity index (χ0) is 26.7. The molecular weight excluding hydrogens is 511 g/mol. The third-order valence-electron chi connectivity index (χ3n) is 5.73. The Labute approximate surface area is 213 Å². The highest BCUT2D eigenvalue weighted by molar-refractivity contribution is 6.30. The Morgan fingerprint density at radius 2 is 2.03 bits per heavy atom. The van der Waals surface area contributed by atoms with E-state index in [4.69, 9.17) is 16.3 Å². The van der Waals surface area contributed by atoms with Gasteiger partial charge < -0.3 is 15.0 Å². The average molecular weight is 531 g/mol. The van der Waals surface area contributed by atoms with Crippen LogP contribution in [0.2, 0.25) is 5.02 Å². The molecule has 0 aliphatic carbocycles. The molecule has 2 aromatic heterocycles. The van der Waals surface area contributed by atoms with E-state index in [9.17, 15) is 28.9 Å². The number of urea groups is 1. The summed E-state index contributed by atoms with van der Waals surface area (Å²) in [6.07, 6.45) is 2.37. The molecule has 1 aliphatic rings. The molecule has 3 aromatic rings. The van der Waals surface area contributed by atoms with Crippen molar-refractivity contribution in [1.82, 2.24) is 14.5 Å². The second kappa shape index (κ2) is 10.7. The van der Waals surface area contributed by atoms with Crippen molar-refractivity contribution in [2.75, 3.05) is 24.3 Å². The van der Waals surface area contributed by atoms with Crippen molar-refractivity contribution in [2.24, 2.45) is 0 Å². The van der Waals surface area contributed by atoms with Gasteiger partial charge in [0.25, 0.3) is 0 Å². The Hall–Kier alpha value is -4.36. The summed E-state index contributed by atoms with van der Waals surface area (Å²) in [6.45, 7) is 0.116. The minimum Gasteiger partial charge on any atom is -0.380 e. The minimum absolute atomic E-state index is 0.0287. The van der Waals surface area contributed by atoms with Crippen LogP contribution < -0.4 is 16.2 Å². The third kappa shape index (κ3) is 5.57. The van der Waals surface area contributed by atoms with E-state index in [1.165, 1.54) is 48.7 Å². The van der Waals surface area contributed by atoms with Crippen LogP contribution in [0, 0.1) is 15.9 Å². The highest BCUT2D eigenvalue weighted by Gasteiger charge is 2.40. The Balaban J connectivity index is 1.52. The summed E-state index contributed by atoms with van der Waals surface area (Å²) in [4.78, 5) is 53.7. The summed E-state index contributed by atoms with van der Waals surface area (Å²) in [5.74, 6) is -1.31. The number of nitro groups is 1. The molecule has 14 heteroatoms. The number of likely N-dealkylation sites (tertiary alicyclic amines) is 1. The summed E-state index contributed by atoms with van der Waals surface area (Å²) in [7, 11) is 1.45. The van der Waals surface area contributed by atoms with Crippen LogP contribution in [0.15, 0.2) is 59.7 Å². The number of carbonyl (C=O) groups excluding carboxylic acids is 2. The first-order valence-electron chi connectivity index (χ1n) is 10.9. The maximum Gasteiger partial charge on any atom is 0.334 e. The Morgan fingerprint density at radius 3 is 2.68 bits per heavy atom. The number of ether oxygens (including phenoxy) is 1. The van der Waals surface area contributed by atoms with Crippen LogP contribution in [0.25, 0.3) is 5.69 Å². The van der Waals surface area contributed by atoms with Crippen molar-refractivity contribution in [3.05, 3.63) is 86.2 Å². The number of nitrogens with zero attached hydrogens (tertiary/aromatic N) is 4. The number of nitrogens with one attached hydrogen (secondary N) is 2. The van der Waals surface area contributed by atoms with E-state index >= 15 is 0 Å². The first-order chi connectivity index (χ1) is 17.7. The van der Waals surface area contributed by atoms with Gasteiger partial charge in [-0.3, -0.25) is 29.6 Å². The van der Waals surface area contributed by atoms with E-state index in [1.54, 1.807) is 6.07 Å². The summed E-state index contributed by atoms with van der Waals surface area (Å²) in [5, 5.41) is 16.5. The Morgan fingerprint density at radius 1 is 1.24 bits per heavy atom. The van der Waals surface area contributed by atoms with Crippen LogP contribution >= 0.6 is 11.6 Å². The topological polar surface area (TPSA) is 149 Å². The molecule has 12 nitrogen and oxygen atoms in total. The Kier molecular flexibility index (Phi) is 7.45. The molecule has 1 fully saturated rings. The van der Waals surface area contributed by atoms with Crippen LogP contribution in [-0.2, 0) is 9.53 Å². The number of halogens is 2. The fourth-order valence-electron chi connectivity index (χ4n) is 3.87. The lowest BCUT2D eigenvalue weighted by Crippen LogP contribution is -2.45. The van der Waals surface area contributed by atoms with Crippen molar-refractivity contribution in [1.29, 1.82) is 0 Å². The molecule has 4 rings (SSSR count). The van der Waals surface area contributed by atoms with Gasteiger partial charge in [-0.2, -0.15) is 0 Å². The Bertz CT molecular complexity index is 1420. The largest absolute Gasteiger partial charge is 0.380 e. The molecule has 37 heavy (non-hydrogen) atoms. The van der Waals surface area contributed by atoms with Gasteiger partial charge in [-0.05, 0) is 30.3 Å². The van der Waals surface area contributed by atoms with Crippen molar-refractivity contribution >= 4 is 40.7 Å². The van der Waals surface area contributed by atoms with Crippen LogP contribution in [-0.4, -0.2) is 57.1 Å². The molecule has 1 aliphatic heterocycles. The number of hydrogen-bond donors (Lipinski definition) is 2. The number of benzene rings is 1. The van der Waals surface area contributed by atoms with Crippen molar-refractivity contribution in [3.8, 4) is 5.69 Å². The number of aromatic nitrogens is 2. The van der Waals surface area contributed by atoms with Crippen molar-refractivity contribution in [2.45, 2.75) is 18.6 Å². The molecule has 1 aromatic carbocycles. The van der Waals surface area contributed by atoms with Gasteiger partial charge in [-0.1, -0.05) is 11.6 Å². The van der Waals surface area contributed by atoms with Gasteiger partial charge in [-0.25, -0.2) is 14.2 Å². The predicted octanol–water partition coefficient (Wildman–Crippen LogP) is 3.19. The zero-order valence-electron chi connectivity index (χ0n) is 19.3. The van der Waals surface area contributed by atoms with Gasteiger partial charge in [0.2, 0.25) is 5.91 Å². The number of rotatable bonds is 6. The highest BCUT2D eigenvalue weighted by atomic mass is 35.5. The van der Waals surface area contributed by atoms with Crippen LogP contribution in [0.1, 0.15) is 6.42 Å². The molecule has 0 saturated carbocycles. The average Bonchev–Trinajstić information content (AvgIpc) is 3.32. The summed E-state index contributed by atoms with van der Waals surface area (Å²) in [5.41, 5.74) is -1.77. The van der Waals surface area contributed by atoms with Crippen LogP contribution in [0.3, 0.4) is 0 Å². The van der Waals surface area contributed by atoms with Gasteiger partial charge in [0.1, 0.15) is 17.7 Å². The van der Waals surface area contributed by atoms with E-state index in [0.29, 0.717) is 5.02 Å². The first kappa shape index (κ1) is 25.7. The third-order valence-corrected chi connectivity index (χ3v) is 5.96. The SMILES string of the molecule is CO[C@@H]1C[C@H](C(=O)Nc2ccc(-n3cccc([N+](=O)[O-])c3=O)cc2F)N(C(=O)Nc2ccc(Cl)cn2)C1. The minimum atomic E-state index is -0.976. The lowest BCUT2D eigenvalue weighted by molar-refractivity contribution is -0.386. The second-order valence-corrected chi connectivity index (χ2v) is 8.47. The van der Waals surface area contributed by atoms with Crippen molar-refractivity contribution < 1.29 is 23.6 Å². The molecule has 0 unspecified atom stereocenters. The fraction of sp³-hybridized carbons (Fsp3) is 0.217. The van der Waals surface area contributed by atoms with E-state index in [0.717, 1.165) is 16.7 Å².